The number of alkyl halides is 3. The zero-order valence-corrected chi connectivity index (χ0v) is 11.4. The predicted molar refractivity (Wildman–Crippen MR) is 66.9 cm³/mol. The molecule has 20 heavy (non-hydrogen) atoms. The van der Waals surface area contributed by atoms with Crippen LogP contribution in [0.25, 0.3) is 0 Å². The Morgan fingerprint density at radius 2 is 2.00 bits per heavy atom. The Balaban J connectivity index is 2.07. The maximum absolute atomic E-state index is 12.8. The molecule has 0 bridgehead atoms. The third-order valence-electron chi connectivity index (χ3n) is 4.47. The lowest BCUT2D eigenvalue weighted by Gasteiger charge is -2.42. The van der Waals surface area contributed by atoms with E-state index in [0.717, 1.165) is 0 Å². The van der Waals surface area contributed by atoms with Crippen molar-refractivity contribution in [3.05, 3.63) is 0 Å². The first-order valence-electron chi connectivity index (χ1n) is 7.03. The highest BCUT2D eigenvalue weighted by molar-refractivity contribution is 5.83. The van der Waals surface area contributed by atoms with Gasteiger partial charge >= 0.3 is 6.18 Å². The Kier molecular flexibility index (Phi) is 4.59. The Labute approximate surface area is 116 Å². The zero-order valence-electron chi connectivity index (χ0n) is 11.4. The molecule has 0 aromatic carbocycles. The molecule has 0 saturated carbocycles. The highest BCUT2D eigenvalue weighted by Crippen LogP contribution is 2.37. The number of hydrogen-bond donors (Lipinski definition) is 1. The average Bonchev–Trinajstić information content (AvgIpc) is 2.46. The van der Waals surface area contributed by atoms with Crippen LogP contribution in [0.1, 0.15) is 25.7 Å². The molecule has 0 spiro atoms. The van der Waals surface area contributed by atoms with Gasteiger partial charge in [0.1, 0.15) is 0 Å². The number of likely N-dealkylation sites (tertiary alicyclic amines) is 1. The van der Waals surface area contributed by atoms with E-state index in [1.165, 1.54) is 4.90 Å². The molecule has 2 aliphatic rings. The standard InChI is InChI=1S/C13H21F3N2O2/c14-13(15,16)10-2-1-5-18(8-10)11(19)12(9-17)3-6-20-7-4-12/h10H,1-9,17H2. The van der Waals surface area contributed by atoms with Crippen molar-refractivity contribution in [2.45, 2.75) is 31.9 Å². The van der Waals surface area contributed by atoms with Crippen molar-refractivity contribution < 1.29 is 22.7 Å². The van der Waals surface area contributed by atoms with Crippen molar-refractivity contribution in [3.63, 3.8) is 0 Å². The fourth-order valence-corrected chi connectivity index (χ4v) is 3.03. The molecule has 0 aromatic heterocycles. The van der Waals surface area contributed by atoms with Gasteiger partial charge in [0.2, 0.25) is 5.91 Å². The quantitative estimate of drug-likeness (QED) is 0.840. The van der Waals surface area contributed by atoms with E-state index in [4.69, 9.17) is 10.5 Å². The van der Waals surface area contributed by atoms with Crippen LogP contribution < -0.4 is 5.73 Å². The molecule has 1 amide bonds. The molecule has 2 rings (SSSR count). The molecular weight excluding hydrogens is 273 g/mol. The Hall–Kier alpha value is -0.820. The molecule has 2 saturated heterocycles. The van der Waals surface area contributed by atoms with E-state index in [0.29, 0.717) is 39.0 Å². The molecule has 0 aromatic rings. The van der Waals surface area contributed by atoms with Gasteiger partial charge < -0.3 is 15.4 Å². The number of halogens is 3. The van der Waals surface area contributed by atoms with E-state index in [1.807, 2.05) is 0 Å². The second-order valence-corrected chi connectivity index (χ2v) is 5.73. The molecule has 4 nitrogen and oxygen atoms in total. The van der Waals surface area contributed by atoms with Crippen LogP contribution in [-0.4, -0.2) is 49.8 Å². The minimum absolute atomic E-state index is 0.103. The van der Waals surface area contributed by atoms with Gasteiger partial charge in [-0.1, -0.05) is 0 Å². The Morgan fingerprint density at radius 3 is 2.55 bits per heavy atom. The van der Waals surface area contributed by atoms with Crippen LogP contribution in [0.3, 0.4) is 0 Å². The summed E-state index contributed by atoms with van der Waals surface area (Å²) in [6, 6.07) is 0. The number of carbonyl (C=O) groups is 1. The van der Waals surface area contributed by atoms with Gasteiger partial charge in [-0.2, -0.15) is 13.2 Å². The second-order valence-electron chi connectivity index (χ2n) is 5.73. The van der Waals surface area contributed by atoms with Gasteiger partial charge in [0.15, 0.2) is 0 Å². The fraction of sp³-hybridized carbons (Fsp3) is 0.923. The van der Waals surface area contributed by atoms with Crippen molar-refractivity contribution in [3.8, 4) is 0 Å². The summed E-state index contributed by atoms with van der Waals surface area (Å²) in [5.74, 6) is -1.63. The summed E-state index contributed by atoms with van der Waals surface area (Å²) in [5.41, 5.74) is 5.01. The molecule has 2 aliphatic heterocycles. The number of nitrogens with zero attached hydrogens (tertiary/aromatic N) is 1. The van der Waals surface area contributed by atoms with Gasteiger partial charge in [-0.05, 0) is 25.7 Å². The lowest BCUT2D eigenvalue weighted by Crippen LogP contribution is -2.54. The van der Waals surface area contributed by atoms with Crippen LogP contribution in [-0.2, 0) is 9.53 Å². The summed E-state index contributed by atoms with van der Waals surface area (Å²) in [4.78, 5) is 14.0. The van der Waals surface area contributed by atoms with E-state index in [1.54, 1.807) is 0 Å². The summed E-state index contributed by atoms with van der Waals surface area (Å²) in [7, 11) is 0. The molecule has 1 atom stereocenters. The smallest absolute Gasteiger partial charge is 0.381 e. The maximum atomic E-state index is 12.8. The summed E-state index contributed by atoms with van der Waals surface area (Å²) < 4.78 is 43.7. The van der Waals surface area contributed by atoms with Gasteiger partial charge in [-0.3, -0.25) is 4.79 Å². The number of carbonyl (C=O) groups excluding carboxylic acids is 1. The lowest BCUT2D eigenvalue weighted by molar-refractivity contribution is -0.190. The molecule has 2 N–H and O–H groups in total. The first-order chi connectivity index (χ1) is 9.39. The highest BCUT2D eigenvalue weighted by atomic mass is 19.4. The first-order valence-corrected chi connectivity index (χ1v) is 7.03. The molecule has 0 radical (unpaired) electrons. The van der Waals surface area contributed by atoms with E-state index < -0.39 is 17.5 Å². The average molecular weight is 294 g/mol. The number of amides is 1. The van der Waals surface area contributed by atoms with E-state index in [2.05, 4.69) is 0 Å². The Bertz CT molecular complexity index is 354. The number of nitrogens with two attached hydrogens (primary N) is 1. The number of piperidine rings is 1. The molecule has 0 aliphatic carbocycles. The van der Waals surface area contributed by atoms with Crippen LogP contribution in [0.2, 0.25) is 0 Å². The first kappa shape index (κ1) is 15.6. The van der Waals surface area contributed by atoms with Gasteiger partial charge in [-0.25, -0.2) is 0 Å². The Morgan fingerprint density at radius 1 is 1.35 bits per heavy atom. The minimum Gasteiger partial charge on any atom is -0.381 e. The van der Waals surface area contributed by atoms with E-state index >= 15 is 0 Å². The van der Waals surface area contributed by atoms with Crippen molar-refractivity contribution in [1.29, 1.82) is 0 Å². The van der Waals surface area contributed by atoms with Crippen LogP contribution in [0, 0.1) is 11.3 Å². The predicted octanol–water partition coefficient (Wildman–Crippen LogP) is 1.54. The minimum atomic E-state index is -4.23. The zero-order chi connectivity index (χ0) is 14.8. The molecular formula is C13H21F3N2O2. The lowest BCUT2D eigenvalue weighted by atomic mass is 9.78. The van der Waals surface area contributed by atoms with Gasteiger partial charge in [-0.15, -0.1) is 0 Å². The second kappa shape index (κ2) is 5.89. The summed E-state index contributed by atoms with van der Waals surface area (Å²) in [6.07, 6.45) is -2.74. The van der Waals surface area contributed by atoms with Crippen LogP contribution in [0.15, 0.2) is 0 Å². The SMILES string of the molecule is NCC1(C(=O)N2CCCC(C(F)(F)F)C2)CCOCC1. The molecule has 7 heteroatoms. The monoisotopic (exact) mass is 294 g/mol. The van der Waals surface area contributed by atoms with Crippen LogP contribution in [0.4, 0.5) is 13.2 Å². The van der Waals surface area contributed by atoms with E-state index in [9.17, 15) is 18.0 Å². The van der Waals surface area contributed by atoms with Crippen LogP contribution >= 0.6 is 0 Å². The molecule has 116 valence electrons. The summed E-state index contributed by atoms with van der Waals surface area (Å²) in [5, 5.41) is 0. The van der Waals surface area contributed by atoms with Gasteiger partial charge in [0, 0.05) is 32.8 Å². The van der Waals surface area contributed by atoms with Crippen molar-refractivity contribution in [1.82, 2.24) is 4.90 Å². The summed E-state index contributed by atoms with van der Waals surface area (Å²) in [6.45, 7) is 1.22. The normalized spacial score (nSPS) is 27.4. The van der Waals surface area contributed by atoms with Crippen molar-refractivity contribution in [2.24, 2.45) is 17.1 Å². The highest BCUT2D eigenvalue weighted by Gasteiger charge is 2.47. The largest absolute Gasteiger partial charge is 0.393 e. The van der Waals surface area contributed by atoms with E-state index in [-0.39, 0.29) is 25.4 Å². The van der Waals surface area contributed by atoms with Crippen molar-refractivity contribution >= 4 is 5.91 Å². The number of hydrogen-bond acceptors (Lipinski definition) is 3. The molecule has 2 heterocycles. The molecule has 1 unspecified atom stereocenters. The van der Waals surface area contributed by atoms with Gasteiger partial charge in [0.05, 0.1) is 11.3 Å². The maximum Gasteiger partial charge on any atom is 0.393 e. The number of rotatable bonds is 2. The molecule has 2 fully saturated rings. The fourth-order valence-electron chi connectivity index (χ4n) is 3.03. The topological polar surface area (TPSA) is 55.6 Å². The third-order valence-corrected chi connectivity index (χ3v) is 4.47. The number of ether oxygens (including phenoxy) is 1. The van der Waals surface area contributed by atoms with Gasteiger partial charge in [0.25, 0.3) is 0 Å². The summed E-state index contributed by atoms with van der Waals surface area (Å²) >= 11 is 0. The van der Waals surface area contributed by atoms with Crippen molar-refractivity contribution in [2.75, 3.05) is 32.8 Å². The van der Waals surface area contributed by atoms with Crippen LogP contribution in [0.5, 0.6) is 0 Å². The third kappa shape index (κ3) is 3.09.